The van der Waals surface area contributed by atoms with E-state index in [4.69, 9.17) is 21.5 Å². The van der Waals surface area contributed by atoms with Crippen LogP contribution in [0.4, 0.5) is 26.3 Å². The van der Waals surface area contributed by atoms with Gasteiger partial charge in [-0.1, -0.05) is 11.6 Å². The molecule has 14 heteroatoms. The average Bonchev–Trinajstić information content (AvgIpc) is 2.53. The summed E-state index contributed by atoms with van der Waals surface area (Å²) in [6.45, 7) is 2.76. The molecule has 0 aliphatic carbocycles. The fourth-order valence-corrected chi connectivity index (χ4v) is 4.32. The number of sulfonamides is 1. The molecule has 0 radical (unpaired) electrons. The third kappa shape index (κ3) is 6.22. The Morgan fingerprint density at radius 3 is 2.21 bits per heavy atom. The first-order valence-corrected chi connectivity index (χ1v) is 9.29. The van der Waals surface area contributed by atoms with E-state index in [0.717, 1.165) is 12.1 Å². The number of carboxylic acid groups (broad SMARTS) is 1. The van der Waals surface area contributed by atoms with Crippen molar-refractivity contribution in [2.45, 2.75) is 30.2 Å². The van der Waals surface area contributed by atoms with Gasteiger partial charge in [0.1, 0.15) is 4.90 Å². The number of benzene rings is 1. The van der Waals surface area contributed by atoms with E-state index in [0.29, 0.717) is 19.2 Å². The molecule has 1 aliphatic heterocycles. The molecule has 2 N–H and O–H groups in total. The van der Waals surface area contributed by atoms with Crippen LogP contribution in [0.5, 0.6) is 0 Å². The predicted octanol–water partition coefficient (Wildman–Crippen LogP) is 2.97. The summed E-state index contributed by atoms with van der Waals surface area (Å²) < 4.78 is 96.2. The van der Waals surface area contributed by atoms with E-state index < -0.39 is 38.8 Å². The molecular formula is C14H15ClF6N2O4S. The van der Waals surface area contributed by atoms with Gasteiger partial charge in [-0.25, -0.2) is 13.2 Å². The molecule has 2 rings (SSSR count). The molecule has 160 valence electrons. The maximum Gasteiger partial charge on any atom is 0.490 e. The maximum atomic E-state index is 12.7. The lowest BCUT2D eigenvalue weighted by molar-refractivity contribution is -0.192. The Labute approximate surface area is 161 Å². The van der Waals surface area contributed by atoms with Gasteiger partial charge in [0.25, 0.3) is 0 Å². The van der Waals surface area contributed by atoms with E-state index in [-0.39, 0.29) is 17.6 Å². The summed E-state index contributed by atoms with van der Waals surface area (Å²) in [5, 5.41) is 9.93. The molecule has 1 atom stereocenters. The van der Waals surface area contributed by atoms with E-state index >= 15 is 0 Å². The van der Waals surface area contributed by atoms with Crippen molar-refractivity contribution in [3.63, 3.8) is 0 Å². The highest BCUT2D eigenvalue weighted by Crippen LogP contribution is 2.34. The molecule has 1 heterocycles. The molecule has 6 nitrogen and oxygen atoms in total. The molecule has 1 aliphatic rings. The van der Waals surface area contributed by atoms with Gasteiger partial charge in [0.2, 0.25) is 10.0 Å². The first-order chi connectivity index (χ1) is 12.6. The summed E-state index contributed by atoms with van der Waals surface area (Å²) in [5.41, 5.74) is -1.03. The zero-order valence-electron chi connectivity index (χ0n) is 14.1. The van der Waals surface area contributed by atoms with Gasteiger partial charge < -0.3 is 10.4 Å². The van der Waals surface area contributed by atoms with Crippen molar-refractivity contribution < 1.29 is 44.7 Å². The lowest BCUT2D eigenvalue weighted by Crippen LogP contribution is -2.52. The monoisotopic (exact) mass is 456 g/mol. The molecule has 0 spiro atoms. The number of nitrogens with one attached hydrogen (secondary N) is 1. The normalized spacial score (nSPS) is 18.9. The van der Waals surface area contributed by atoms with Gasteiger partial charge in [0, 0.05) is 25.7 Å². The van der Waals surface area contributed by atoms with Crippen LogP contribution in [0.3, 0.4) is 0 Å². The topological polar surface area (TPSA) is 86.7 Å². The minimum atomic E-state index is -5.08. The number of halogens is 7. The van der Waals surface area contributed by atoms with Crippen LogP contribution in [0.1, 0.15) is 12.5 Å². The molecule has 1 saturated heterocycles. The van der Waals surface area contributed by atoms with E-state index in [2.05, 4.69) is 5.32 Å². The fourth-order valence-electron chi connectivity index (χ4n) is 2.18. The van der Waals surface area contributed by atoms with Crippen LogP contribution >= 0.6 is 11.6 Å². The van der Waals surface area contributed by atoms with E-state index in [9.17, 15) is 34.8 Å². The van der Waals surface area contributed by atoms with Crippen LogP contribution in [-0.2, 0) is 21.0 Å². The third-order valence-corrected chi connectivity index (χ3v) is 6.02. The zero-order valence-corrected chi connectivity index (χ0v) is 15.7. The Bertz CT molecular complexity index is 813. The highest BCUT2D eigenvalue weighted by molar-refractivity contribution is 7.89. The smallest absolute Gasteiger partial charge is 0.475 e. The van der Waals surface area contributed by atoms with Crippen molar-refractivity contribution in [2.24, 2.45) is 0 Å². The fraction of sp³-hybridized carbons (Fsp3) is 0.500. The van der Waals surface area contributed by atoms with Gasteiger partial charge in [-0.15, -0.1) is 0 Å². The molecular weight excluding hydrogens is 442 g/mol. The number of aliphatic carboxylic acids is 1. The Morgan fingerprint density at radius 1 is 1.25 bits per heavy atom. The Hall–Kier alpha value is -1.57. The number of carboxylic acids is 1. The number of hydrogen-bond acceptors (Lipinski definition) is 4. The van der Waals surface area contributed by atoms with Crippen LogP contribution in [0.25, 0.3) is 0 Å². The standard InChI is InChI=1S/C12H14ClF3N2O2S.C2HF3O2/c1-8-7-17-4-5-18(8)21(19,20)11-6-9(12(14,15)16)2-3-10(11)13;3-2(4,5)1(6)7/h2-3,6,8,17H,4-5,7H2,1H3;(H,6,7)/t8-;/m0./s1. The summed E-state index contributed by atoms with van der Waals surface area (Å²) in [5.74, 6) is -2.76. The summed E-state index contributed by atoms with van der Waals surface area (Å²) in [4.78, 5) is 8.39. The van der Waals surface area contributed by atoms with Crippen LogP contribution in [0.15, 0.2) is 23.1 Å². The number of alkyl halides is 6. The molecule has 0 unspecified atom stereocenters. The molecule has 0 aromatic heterocycles. The Kier molecular flexibility index (Phi) is 7.73. The van der Waals surface area contributed by atoms with Crippen LogP contribution in [0.2, 0.25) is 5.02 Å². The van der Waals surface area contributed by atoms with Gasteiger partial charge in [-0.2, -0.15) is 30.6 Å². The van der Waals surface area contributed by atoms with E-state index in [1.807, 2.05) is 0 Å². The second-order valence-electron chi connectivity index (χ2n) is 5.61. The molecule has 0 bridgehead atoms. The van der Waals surface area contributed by atoms with Crippen LogP contribution in [-0.4, -0.2) is 55.7 Å². The van der Waals surface area contributed by atoms with Crippen molar-refractivity contribution >= 4 is 27.6 Å². The highest BCUT2D eigenvalue weighted by Gasteiger charge is 2.38. The minimum absolute atomic E-state index is 0.191. The van der Waals surface area contributed by atoms with Crippen molar-refractivity contribution in [1.29, 1.82) is 0 Å². The van der Waals surface area contributed by atoms with Gasteiger partial charge in [-0.3, -0.25) is 0 Å². The second kappa shape index (κ2) is 8.84. The highest BCUT2D eigenvalue weighted by atomic mass is 35.5. The lowest BCUT2D eigenvalue weighted by atomic mass is 10.2. The quantitative estimate of drug-likeness (QED) is 0.668. The average molecular weight is 457 g/mol. The first kappa shape index (κ1) is 24.5. The number of rotatable bonds is 2. The molecule has 0 amide bonds. The van der Waals surface area contributed by atoms with Gasteiger partial charge in [0.05, 0.1) is 10.6 Å². The lowest BCUT2D eigenvalue weighted by Gasteiger charge is -2.33. The molecule has 0 saturated carbocycles. The van der Waals surface area contributed by atoms with Crippen molar-refractivity contribution in [3.8, 4) is 0 Å². The van der Waals surface area contributed by atoms with Crippen molar-refractivity contribution in [1.82, 2.24) is 9.62 Å². The van der Waals surface area contributed by atoms with E-state index in [1.165, 1.54) is 4.31 Å². The first-order valence-electron chi connectivity index (χ1n) is 7.48. The van der Waals surface area contributed by atoms with Crippen LogP contribution in [0, 0.1) is 0 Å². The van der Waals surface area contributed by atoms with E-state index in [1.54, 1.807) is 6.92 Å². The Balaban J connectivity index is 0.000000480. The molecule has 1 fully saturated rings. The third-order valence-electron chi connectivity index (χ3n) is 3.53. The second-order valence-corrected chi connectivity index (χ2v) is 7.88. The number of piperazine rings is 1. The molecule has 1 aromatic carbocycles. The van der Waals surface area contributed by atoms with Crippen LogP contribution < -0.4 is 5.32 Å². The number of hydrogen-bond donors (Lipinski definition) is 2. The van der Waals surface area contributed by atoms with Crippen molar-refractivity contribution in [2.75, 3.05) is 19.6 Å². The predicted molar refractivity (Wildman–Crippen MR) is 86.4 cm³/mol. The number of nitrogens with zero attached hydrogens (tertiary/aromatic N) is 1. The molecule has 1 aromatic rings. The maximum absolute atomic E-state index is 12.7. The number of carbonyl (C=O) groups is 1. The van der Waals surface area contributed by atoms with Crippen molar-refractivity contribution in [3.05, 3.63) is 28.8 Å². The van der Waals surface area contributed by atoms with Gasteiger partial charge in [0.15, 0.2) is 0 Å². The SMILES string of the molecule is C[C@H]1CNCCN1S(=O)(=O)c1cc(C(F)(F)F)ccc1Cl.O=C(O)C(F)(F)F. The van der Waals surface area contributed by atoms with Gasteiger partial charge in [-0.05, 0) is 25.1 Å². The zero-order chi connectivity index (χ0) is 21.9. The summed E-state index contributed by atoms with van der Waals surface area (Å²) in [6.07, 6.45) is -9.70. The minimum Gasteiger partial charge on any atom is -0.475 e. The summed E-state index contributed by atoms with van der Waals surface area (Å²) in [7, 11) is -4.06. The Morgan fingerprint density at radius 2 is 1.79 bits per heavy atom. The summed E-state index contributed by atoms with van der Waals surface area (Å²) >= 11 is 5.81. The summed E-state index contributed by atoms with van der Waals surface area (Å²) in [6, 6.07) is 1.97. The molecule has 28 heavy (non-hydrogen) atoms. The largest absolute Gasteiger partial charge is 0.490 e. The van der Waals surface area contributed by atoms with Gasteiger partial charge >= 0.3 is 18.3 Å².